The van der Waals surface area contributed by atoms with Gasteiger partial charge in [0.1, 0.15) is 0 Å². The summed E-state index contributed by atoms with van der Waals surface area (Å²) in [6, 6.07) is 10.6. The van der Waals surface area contributed by atoms with Gasteiger partial charge >= 0.3 is 5.76 Å². The Bertz CT molecular complexity index is 1170. The highest BCUT2D eigenvalue weighted by molar-refractivity contribution is 7.92. The smallest absolute Gasteiger partial charge is 0.408 e. The van der Waals surface area contributed by atoms with E-state index in [0.717, 1.165) is 0 Å². The molecule has 1 amide bonds. The molecule has 0 aliphatic heterocycles. The number of hydrogen-bond donors (Lipinski definition) is 2. The number of fused-ring (bicyclic) bond motifs is 1. The molecule has 0 fully saturated rings. The fourth-order valence-corrected chi connectivity index (χ4v) is 3.77. The first-order valence-electron chi connectivity index (χ1n) is 8.68. The van der Waals surface area contributed by atoms with Crippen molar-refractivity contribution in [2.24, 2.45) is 13.0 Å². The molecule has 8 nitrogen and oxygen atoms in total. The van der Waals surface area contributed by atoms with Gasteiger partial charge in [0.25, 0.3) is 10.0 Å². The van der Waals surface area contributed by atoms with Crippen LogP contribution in [-0.2, 0) is 21.9 Å². The monoisotopic (exact) mass is 403 g/mol. The fourth-order valence-electron chi connectivity index (χ4n) is 2.70. The third-order valence-electron chi connectivity index (χ3n) is 4.09. The zero-order valence-corrected chi connectivity index (χ0v) is 16.5. The van der Waals surface area contributed by atoms with Gasteiger partial charge in [-0.3, -0.25) is 14.1 Å². The molecule has 1 heterocycles. The molecule has 0 radical (unpaired) electrons. The molecule has 0 spiro atoms. The van der Waals surface area contributed by atoms with Crippen molar-refractivity contribution in [2.75, 3.05) is 10.0 Å². The fraction of sp³-hybridized carbons (Fsp3) is 0.263. The largest absolute Gasteiger partial charge is 0.419 e. The minimum absolute atomic E-state index is 0.0244. The van der Waals surface area contributed by atoms with Crippen LogP contribution in [0.4, 0.5) is 11.4 Å². The highest BCUT2D eigenvalue weighted by Crippen LogP contribution is 2.22. The van der Waals surface area contributed by atoms with E-state index in [1.807, 2.05) is 13.8 Å². The normalized spacial score (nSPS) is 11.7. The third kappa shape index (κ3) is 4.25. The number of aromatic nitrogens is 1. The van der Waals surface area contributed by atoms with Crippen LogP contribution in [0.15, 0.2) is 56.6 Å². The molecule has 0 unspecified atom stereocenters. The van der Waals surface area contributed by atoms with Crippen molar-refractivity contribution < 1.29 is 17.6 Å². The van der Waals surface area contributed by atoms with Gasteiger partial charge in [-0.25, -0.2) is 13.2 Å². The Kier molecular flexibility index (Phi) is 5.28. The van der Waals surface area contributed by atoms with E-state index in [4.69, 9.17) is 4.42 Å². The summed E-state index contributed by atoms with van der Waals surface area (Å²) in [5, 5.41) is 2.76. The molecular weight excluding hydrogens is 382 g/mol. The van der Waals surface area contributed by atoms with Crippen LogP contribution >= 0.6 is 0 Å². The first-order chi connectivity index (χ1) is 13.2. The number of carbonyl (C=O) groups excluding carboxylic acids is 1. The second-order valence-corrected chi connectivity index (χ2v) is 8.57. The van der Waals surface area contributed by atoms with Gasteiger partial charge in [-0.2, -0.15) is 0 Å². The zero-order valence-electron chi connectivity index (χ0n) is 15.7. The van der Waals surface area contributed by atoms with Gasteiger partial charge in [-0.1, -0.05) is 13.8 Å². The number of aryl methyl sites for hydroxylation is 1. The molecule has 0 aliphatic rings. The molecule has 2 aromatic carbocycles. The van der Waals surface area contributed by atoms with Gasteiger partial charge in [0.05, 0.1) is 10.4 Å². The van der Waals surface area contributed by atoms with E-state index in [1.54, 1.807) is 31.3 Å². The van der Waals surface area contributed by atoms with Crippen LogP contribution in [0, 0.1) is 5.92 Å². The maximum absolute atomic E-state index is 12.6. The molecule has 0 aliphatic carbocycles. The Morgan fingerprint density at radius 1 is 1.11 bits per heavy atom. The highest BCUT2D eigenvalue weighted by atomic mass is 32.2. The summed E-state index contributed by atoms with van der Waals surface area (Å²) in [5.41, 5.74) is 1.63. The molecule has 3 rings (SSSR count). The van der Waals surface area contributed by atoms with Crippen LogP contribution in [0.5, 0.6) is 0 Å². The predicted molar refractivity (Wildman–Crippen MR) is 107 cm³/mol. The quantitative estimate of drug-likeness (QED) is 0.657. The van der Waals surface area contributed by atoms with E-state index in [0.29, 0.717) is 23.3 Å². The molecule has 0 bridgehead atoms. The van der Waals surface area contributed by atoms with Gasteiger partial charge in [0.2, 0.25) is 5.91 Å². The van der Waals surface area contributed by atoms with E-state index in [1.165, 1.54) is 22.8 Å². The van der Waals surface area contributed by atoms with Crippen molar-refractivity contribution in [3.05, 3.63) is 53.0 Å². The maximum Gasteiger partial charge on any atom is 0.419 e. The Morgan fingerprint density at radius 2 is 1.75 bits per heavy atom. The Balaban J connectivity index is 1.77. The average molecular weight is 403 g/mol. The first kappa shape index (κ1) is 19.7. The van der Waals surface area contributed by atoms with Crippen LogP contribution in [0.3, 0.4) is 0 Å². The SMILES string of the molecule is CC(C)CC(=O)Nc1ccc(NS(=O)(=O)c2ccc3c(c2)oc(=O)n3C)cc1. The molecule has 2 N–H and O–H groups in total. The summed E-state index contributed by atoms with van der Waals surface area (Å²) in [6.45, 7) is 3.91. The van der Waals surface area contributed by atoms with Crippen LogP contribution in [-0.4, -0.2) is 18.9 Å². The topological polar surface area (TPSA) is 110 Å². The lowest BCUT2D eigenvalue weighted by Gasteiger charge is -2.10. The van der Waals surface area contributed by atoms with Crippen LogP contribution in [0.2, 0.25) is 0 Å². The first-order valence-corrected chi connectivity index (χ1v) is 10.2. The molecule has 0 atom stereocenters. The number of nitrogens with one attached hydrogen (secondary N) is 2. The minimum atomic E-state index is -3.87. The van der Waals surface area contributed by atoms with Crippen LogP contribution in [0.1, 0.15) is 20.3 Å². The summed E-state index contributed by atoms with van der Waals surface area (Å²) in [6.07, 6.45) is 0.409. The summed E-state index contributed by atoms with van der Waals surface area (Å²) < 4.78 is 34.0. The Hall–Kier alpha value is -3.07. The van der Waals surface area contributed by atoms with Gasteiger partial charge in [0.15, 0.2) is 5.58 Å². The predicted octanol–water partition coefficient (Wildman–Crippen LogP) is 2.92. The molecule has 9 heteroatoms. The van der Waals surface area contributed by atoms with Crippen LogP contribution in [0.25, 0.3) is 11.1 Å². The number of amides is 1. The number of sulfonamides is 1. The van der Waals surface area contributed by atoms with Gasteiger partial charge in [-0.15, -0.1) is 0 Å². The highest BCUT2D eigenvalue weighted by Gasteiger charge is 2.17. The van der Waals surface area contributed by atoms with E-state index >= 15 is 0 Å². The standard InChI is InChI=1S/C19H21N3O5S/c1-12(2)10-18(23)20-13-4-6-14(7-5-13)21-28(25,26)15-8-9-16-17(11-15)27-19(24)22(16)3/h4-9,11-12,21H,10H2,1-3H3,(H,20,23). The molecular formula is C19H21N3O5S. The summed E-state index contributed by atoms with van der Waals surface area (Å²) in [7, 11) is -2.33. The van der Waals surface area contributed by atoms with E-state index < -0.39 is 15.8 Å². The number of rotatable bonds is 6. The minimum Gasteiger partial charge on any atom is -0.408 e. The van der Waals surface area contributed by atoms with Crippen molar-refractivity contribution in [1.29, 1.82) is 0 Å². The van der Waals surface area contributed by atoms with E-state index in [2.05, 4.69) is 10.0 Å². The average Bonchev–Trinajstić information content (AvgIpc) is 2.89. The van der Waals surface area contributed by atoms with Gasteiger partial charge < -0.3 is 9.73 Å². The molecule has 0 saturated heterocycles. The van der Waals surface area contributed by atoms with Crippen LogP contribution < -0.4 is 15.8 Å². The van der Waals surface area contributed by atoms with Gasteiger partial charge in [0, 0.05) is 30.9 Å². The second kappa shape index (κ2) is 7.51. The number of hydrogen-bond acceptors (Lipinski definition) is 5. The summed E-state index contributed by atoms with van der Waals surface area (Å²) in [5.74, 6) is -0.411. The number of benzene rings is 2. The molecule has 148 valence electrons. The molecule has 28 heavy (non-hydrogen) atoms. The summed E-state index contributed by atoms with van der Waals surface area (Å²) >= 11 is 0. The number of carbonyl (C=O) groups is 1. The van der Waals surface area contributed by atoms with Crippen molar-refractivity contribution in [3.63, 3.8) is 0 Å². The lowest BCUT2D eigenvalue weighted by Crippen LogP contribution is -2.14. The second-order valence-electron chi connectivity index (χ2n) is 6.89. The number of anilines is 2. The van der Waals surface area contributed by atoms with Gasteiger partial charge in [-0.05, 0) is 42.3 Å². The van der Waals surface area contributed by atoms with E-state index in [9.17, 15) is 18.0 Å². The lowest BCUT2D eigenvalue weighted by atomic mass is 10.1. The third-order valence-corrected chi connectivity index (χ3v) is 5.47. The Labute approximate surface area is 162 Å². The number of nitrogens with zero attached hydrogens (tertiary/aromatic N) is 1. The molecule has 3 aromatic rings. The van der Waals surface area contributed by atoms with Crippen molar-refractivity contribution >= 4 is 38.4 Å². The van der Waals surface area contributed by atoms with Crippen molar-refractivity contribution in [2.45, 2.75) is 25.2 Å². The summed E-state index contributed by atoms with van der Waals surface area (Å²) in [4.78, 5) is 23.3. The van der Waals surface area contributed by atoms with Crippen molar-refractivity contribution in [3.8, 4) is 0 Å². The maximum atomic E-state index is 12.6. The number of oxazole rings is 1. The van der Waals surface area contributed by atoms with E-state index in [-0.39, 0.29) is 22.3 Å². The Morgan fingerprint density at radius 3 is 2.39 bits per heavy atom. The zero-order chi connectivity index (χ0) is 20.5. The molecule has 0 saturated carbocycles. The molecule has 1 aromatic heterocycles. The lowest BCUT2D eigenvalue weighted by molar-refractivity contribution is -0.116. The van der Waals surface area contributed by atoms with Crippen molar-refractivity contribution in [1.82, 2.24) is 4.57 Å².